The molecule has 1 fully saturated rings. The molecule has 0 aliphatic heterocycles. The Bertz CT molecular complexity index is 262. The Morgan fingerprint density at radius 2 is 2.27 bits per heavy atom. The van der Waals surface area contributed by atoms with Crippen LogP contribution in [0.5, 0.6) is 0 Å². The molecule has 0 unspecified atom stereocenters. The van der Waals surface area contributed by atoms with Crippen LogP contribution in [0.1, 0.15) is 40.0 Å². The third-order valence-electron chi connectivity index (χ3n) is 3.09. The lowest BCUT2D eigenvalue weighted by atomic mass is 9.76. The lowest BCUT2D eigenvalue weighted by Crippen LogP contribution is -2.28. The second-order valence-electron chi connectivity index (χ2n) is 4.80. The average molecular weight is 207 g/mol. The van der Waals surface area contributed by atoms with Crippen molar-refractivity contribution in [2.75, 3.05) is 6.61 Å². The Balaban J connectivity index is 2.62. The fourth-order valence-corrected chi connectivity index (χ4v) is 2.22. The molecule has 0 saturated heterocycles. The number of oxime groups is 1. The van der Waals surface area contributed by atoms with Gasteiger partial charge in [-0.15, -0.1) is 6.42 Å². The van der Waals surface area contributed by atoms with Crippen LogP contribution in [0.4, 0.5) is 0 Å². The monoisotopic (exact) mass is 207 g/mol. The maximum absolute atomic E-state index is 5.12. The highest BCUT2D eigenvalue weighted by molar-refractivity contribution is 5.87. The molecule has 0 amide bonds. The second kappa shape index (κ2) is 5.80. The molecule has 1 saturated carbocycles. The molecule has 0 radical (unpaired) electrons. The molecule has 0 spiro atoms. The fourth-order valence-electron chi connectivity index (χ4n) is 2.22. The Kier molecular flexibility index (Phi) is 4.68. The molecule has 1 aliphatic rings. The maximum atomic E-state index is 5.12. The van der Waals surface area contributed by atoms with Crippen LogP contribution in [0, 0.1) is 30.1 Å². The van der Waals surface area contributed by atoms with Crippen LogP contribution < -0.4 is 0 Å². The second-order valence-corrected chi connectivity index (χ2v) is 4.80. The summed E-state index contributed by atoms with van der Waals surface area (Å²) in [4.78, 5) is 5.10. The SMILES string of the molecule is C#CCO/N=C1/C[C@H](C)CC[C@H]1C(C)C. The molecule has 84 valence electrons. The molecule has 0 N–H and O–H groups in total. The summed E-state index contributed by atoms with van der Waals surface area (Å²) >= 11 is 0. The quantitative estimate of drug-likeness (QED) is 0.396. The number of nitrogens with zero attached hydrogens (tertiary/aromatic N) is 1. The average Bonchev–Trinajstić information content (AvgIpc) is 2.18. The van der Waals surface area contributed by atoms with Crippen molar-refractivity contribution in [2.24, 2.45) is 22.9 Å². The molecule has 0 aromatic rings. The summed E-state index contributed by atoms with van der Waals surface area (Å²) in [6.07, 6.45) is 8.72. The van der Waals surface area contributed by atoms with Crippen LogP contribution in [0.2, 0.25) is 0 Å². The van der Waals surface area contributed by atoms with Crippen LogP contribution >= 0.6 is 0 Å². The van der Waals surface area contributed by atoms with E-state index in [9.17, 15) is 0 Å². The van der Waals surface area contributed by atoms with Crippen LogP contribution in [0.3, 0.4) is 0 Å². The molecule has 15 heavy (non-hydrogen) atoms. The van der Waals surface area contributed by atoms with E-state index in [1.54, 1.807) is 0 Å². The minimum absolute atomic E-state index is 0.280. The minimum Gasteiger partial charge on any atom is -0.383 e. The first-order valence-electron chi connectivity index (χ1n) is 5.77. The summed E-state index contributed by atoms with van der Waals surface area (Å²) < 4.78 is 0. The predicted molar refractivity (Wildman–Crippen MR) is 63.6 cm³/mol. The zero-order valence-corrected chi connectivity index (χ0v) is 9.99. The number of rotatable bonds is 3. The Morgan fingerprint density at radius 1 is 1.53 bits per heavy atom. The molecule has 2 nitrogen and oxygen atoms in total. The van der Waals surface area contributed by atoms with Gasteiger partial charge in [0, 0.05) is 5.92 Å². The zero-order chi connectivity index (χ0) is 11.3. The van der Waals surface area contributed by atoms with Gasteiger partial charge in [-0.1, -0.05) is 31.8 Å². The number of hydrogen-bond acceptors (Lipinski definition) is 2. The summed E-state index contributed by atoms with van der Waals surface area (Å²) in [5.74, 6) is 4.39. The van der Waals surface area contributed by atoms with Crippen molar-refractivity contribution < 1.29 is 4.84 Å². The van der Waals surface area contributed by atoms with Crippen LogP contribution in [-0.2, 0) is 4.84 Å². The van der Waals surface area contributed by atoms with Crippen molar-refractivity contribution in [3.63, 3.8) is 0 Å². The molecule has 1 rings (SSSR count). The maximum Gasteiger partial charge on any atom is 0.177 e. The van der Waals surface area contributed by atoms with E-state index in [1.807, 2.05) is 0 Å². The molecule has 0 heterocycles. The van der Waals surface area contributed by atoms with Gasteiger partial charge in [-0.3, -0.25) is 0 Å². The first-order valence-corrected chi connectivity index (χ1v) is 5.77. The van der Waals surface area contributed by atoms with Crippen molar-refractivity contribution in [2.45, 2.75) is 40.0 Å². The summed E-state index contributed by atoms with van der Waals surface area (Å²) in [5, 5.41) is 4.20. The Labute approximate surface area is 93.1 Å². The van der Waals surface area contributed by atoms with Crippen molar-refractivity contribution in [1.29, 1.82) is 0 Å². The van der Waals surface area contributed by atoms with E-state index in [4.69, 9.17) is 11.3 Å². The van der Waals surface area contributed by atoms with E-state index in [2.05, 4.69) is 31.8 Å². The van der Waals surface area contributed by atoms with Gasteiger partial charge in [-0.25, -0.2) is 0 Å². The van der Waals surface area contributed by atoms with E-state index in [1.165, 1.54) is 18.6 Å². The van der Waals surface area contributed by atoms with Crippen molar-refractivity contribution in [3.8, 4) is 12.3 Å². The first kappa shape index (κ1) is 12.1. The largest absolute Gasteiger partial charge is 0.383 e. The van der Waals surface area contributed by atoms with Gasteiger partial charge in [0.1, 0.15) is 0 Å². The lowest BCUT2D eigenvalue weighted by Gasteiger charge is -2.30. The molecular weight excluding hydrogens is 186 g/mol. The summed E-state index contributed by atoms with van der Waals surface area (Å²) in [6.45, 7) is 7.05. The smallest absolute Gasteiger partial charge is 0.177 e. The van der Waals surface area contributed by atoms with Gasteiger partial charge >= 0.3 is 0 Å². The topological polar surface area (TPSA) is 21.6 Å². The van der Waals surface area contributed by atoms with Crippen molar-refractivity contribution in [3.05, 3.63) is 0 Å². The van der Waals surface area contributed by atoms with Gasteiger partial charge in [0.2, 0.25) is 0 Å². The van der Waals surface area contributed by atoms with Crippen molar-refractivity contribution in [1.82, 2.24) is 0 Å². The van der Waals surface area contributed by atoms with Crippen LogP contribution in [0.25, 0.3) is 0 Å². The van der Waals surface area contributed by atoms with Crippen molar-refractivity contribution >= 4 is 5.71 Å². The lowest BCUT2D eigenvalue weighted by molar-refractivity contribution is 0.172. The fraction of sp³-hybridized carbons (Fsp3) is 0.769. The molecule has 0 aromatic carbocycles. The van der Waals surface area contributed by atoms with E-state index >= 15 is 0 Å². The molecule has 2 atom stereocenters. The summed E-state index contributed by atoms with van der Waals surface area (Å²) in [5.41, 5.74) is 1.21. The standard InChI is InChI=1S/C13H21NO/c1-5-8-15-14-13-9-11(4)6-7-12(13)10(2)3/h1,10-12H,6-9H2,2-4H3/b14-13-/t11-,12+/m1/s1. The highest BCUT2D eigenvalue weighted by Crippen LogP contribution is 2.31. The first-order chi connectivity index (χ1) is 7.15. The van der Waals surface area contributed by atoms with Gasteiger partial charge < -0.3 is 4.84 Å². The van der Waals surface area contributed by atoms with Gasteiger partial charge in [-0.2, -0.15) is 0 Å². The zero-order valence-electron chi connectivity index (χ0n) is 9.99. The molecule has 0 bridgehead atoms. The Morgan fingerprint density at radius 3 is 2.87 bits per heavy atom. The van der Waals surface area contributed by atoms with Gasteiger partial charge in [-0.05, 0) is 31.1 Å². The number of terminal acetylenes is 1. The van der Waals surface area contributed by atoms with Crippen LogP contribution in [-0.4, -0.2) is 12.3 Å². The van der Waals surface area contributed by atoms with E-state index < -0.39 is 0 Å². The highest BCUT2D eigenvalue weighted by Gasteiger charge is 2.27. The molecule has 1 aliphatic carbocycles. The third kappa shape index (κ3) is 3.58. The highest BCUT2D eigenvalue weighted by atomic mass is 16.6. The molecule has 0 aromatic heterocycles. The Hall–Kier alpha value is -0.970. The van der Waals surface area contributed by atoms with Gasteiger partial charge in [0.25, 0.3) is 0 Å². The van der Waals surface area contributed by atoms with Crippen LogP contribution in [0.15, 0.2) is 5.16 Å². The van der Waals surface area contributed by atoms with E-state index in [-0.39, 0.29) is 6.61 Å². The molecular formula is C13H21NO. The van der Waals surface area contributed by atoms with E-state index in [0.717, 1.165) is 12.3 Å². The van der Waals surface area contributed by atoms with Gasteiger partial charge in [0.15, 0.2) is 6.61 Å². The third-order valence-corrected chi connectivity index (χ3v) is 3.09. The van der Waals surface area contributed by atoms with E-state index in [0.29, 0.717) is 11.8 Å². The minimum atomic E-state index is 0.280. The summed E-state index contributed by atoms with van der Waals surface area (Å²) in [7, 11) is 0. The predicted octanol–water partition coefficient (Wildman–Crippen LogP) is 3.08. The molecule has 2 heteroatoms. The van der Waals surface area contributed by atoms with Gasteiger partial charge in [0.05, 0.1) is 5.71 Å². The number of hydrogen-bond donors (Lipinski definition) is 0. The summed E-state index contributed by atoms with van der Waals surface area (Å²) in [6, 6.07) is 0. The normalized spacial score (nSPS) is 29.1.